The van der Waals surface area contributed by atoms with Crippen LogP contribution in [-0.2, 0) is 10.9 Å². The fraction of sp³-hybridized carbons (Fsp3) is 0.333. The molecule has 0 bridgehead atoms. The van der Waals surface area contributed by atoms with Gasteiger partial charge >= 0.3 is 6.18 Å². The number of halogens is 3. The maximum Gasteiger partial charge on any atom is 0.434 e. The Hall–Kier alpha value is -3.21. The number of ether oxygens (including phenoxy) is 1. The molecule has 0 N–H and O–H groups in total. The zero-order chi connectivity index (χ0) is 20.6. The predicted octanol–water partition coefficient (Wildman–Crippen LogP) is 2.80. The Kier molecular flexibility index (Phi) is 4.82. The summed E-state index contributed by atoms with van der Waals surface area (Å²) in [5.74, 6) is -0.209. The molecular weight excluding hydrogens is 391 g/mol. The number of carbonyl (C=O) groups is 1. The van der Waals surface area contributed by atoms with Crippen molar-refractivity contribution in [2.24, 2.45) is 0 Å². The van der Waals surface area contributed by atoms with E-state index in [2.05, 4.69) is 15.2 Å². The highest BCUT2D eigenvalue weighted by Crippen LogP contribution is 2.34. The van der Waals surface area contributed by atoms with Crippen LogP contribution in [0.2, 0.25) is 0 Å². The molecule has 0 radical (unpaired) electrons. The standard InChI is InChI=1S/C18H16F3N5O3/c1-11-23-16(24-29-11)14-10-25(7-8-28-14)17(27)13-9-22-26(15(13)18(19,20)21)12-5-3-2-4-6-12/h2-6,9,14H,7-8,10H2,1H3/t14-/m0/s1. The van der Waals surface area contributed by atoms with Crippen LogP contribution < -0.4 is 0 Å². The molecule has 1 saturated heterocycles. The van der Waals surface area contributed by atoms with Crippen LogP contribution in [0.5, 0.6) is 0 Å². The van der Waals surface area contributed by atoms with Crippen LogP contribution in [0.1, 0.15) is 33.9 Å². The topological polar surface area (TPSA) is 86.3 Å². The van der Waals surface area contributed by atoms with Crippen molar-refractivity contribution in [3.63, 3.8) is 0 Å². The summed E-state index contributed by atoms with van der Waals surface area (Å²) in [6, 6.07) is 7.84. The number of benzene rings is 1. The van der Waals surface area contributed by atoms with Gasteiger partial charge in [-0.2, -0.15) is 23.3 Å². The number of alkyl halides is 3. The summed E-state index contributed by atoms with van der Waals surface area (Å²) in [5.41, 5.74) is -1.43. The molecule has 8 nitrogen and oxygen atoms in total. The molecule has 0 spiro atoms. The molecule has 1 aromatic carbocycles. The van der Waals surface area contributed by atoms with E-state index in [1.807, 2.05) is 0 Å². The van der Waals surface area contributed by atoms with Gasteiger partial charge in [-0.05, 0) is 12.1 Å². The molecule has 1 fully saturated rings. The minimum atomic E-state index is -4.77. The lowest BCUT2D eigenvalue weighted by Gasteiger charge is -2.31. The van der Waals surface area contributed by atoms with Gasteiger partial charge in [-0.1, -0.05) is 23.4 Å². The summed E-state index contributed by atoms with van der Waals surface area (Å²) >= 11 is 0. The lowest BCUT2D eigenvalue weighted by atomic mass is 10.1. The van der Waals surface area contributed by atoms with Gasteiger partial charge in [0.15, 0.2) is 5.69 Å². The van der Waals surface area contributed by atoms with Crippen LogP contribution in [0.3, 0.4) is 0 Å². The Bertz CT molecular complexity index is 1020. The number of amides is 1. The average molecular weight is 407 g/mol. The zero-order valence-corrected chi connectivity index (χ0v) is 15.3. The van der Waals surface area contributed by atoms with Gasteiger partial charge in [-0.25, -0.2) is 4.68 Å². The summed E-state index contributed by atoms with van der Waals surface area (Å²) < 4.78 is 52.6. The largest absolute Gasteiger partial charge is 0.434 e. The third-order valence-corrected chi connectivity index (χ3v) is 4.45. The number of para-hydroxylation sites is 1. The van der Waals surface area contributed by atoms with Gasteiger partial charge in [0.25, 0.3) is 5.91 Å². The van der Waals surface area contributed by atoms with E-state index in [1.54, 1.807) is 25.1 Å². The second-order valence-corrected chi connectivity index (χ2v) is 6.43. The summed E-state index contributed by atoms with van der Waals surface area (Å²) in [5, 5.41) is 7.59. The van der Waals surface area contributed by atoms with E-state index < -0.39 is 29.4 Å². The number of rotatable bonds is 3. The number of morpholine rings is 1. The quantitative estimate of drug-likeness (QED) is 0.664. The molecule has 0 saturated carbocycles. The van der Waals surface area contributed by atoms with Crippen molar-refractivity contribution in [2.45, 2.75) is 19.2 Å². The monoisotopic (exact) mass is 407 g/mol. The number of hydrogen-bond acceptors (Lipinski definition) is 6. The molecule has 29 heavy (non-hydrogen) atoms. The Morgan fingerprint density at radius 2 is 2.00 bits per heavy atom. The molecule has 3 heterocycles. The molecule has 11 heteroatoms. The molecule has 152 valence electrons. The average Bonchev–Trinajstić information content (AvgIpc) is 3.35. The highest BCUT2D eigenvalue weighted by atomic mass is 19.4. The summed E-state index contributed by atoms with van der Waals surface area (Å²) in [4.78, 5) is 18.3. The first-order valence-corrected chi connectivity index (χ1v) is 8.76. The van der Waals surface area contributed by atoms with Gasteiger partial charge in [0.2, 0.25) is 11.7 Å². The first kappa shape index (κ1) is 19.1. The van der Waals surface area contributed by atoms with Crippen molar-refractivity contribution in [1.82, 2.24) is 24.8 Å². The van der Waals surface area contributed by atoms with Crippen LogP contribution in [0.25, 0.3) is 5.69 Å². The van der Waals surface area contributed by atoms with Crippen molar-refractivity contribution >= 4 is 5.91 Å². The van der Waals surface area contributed by atoms with E-state index in [9.17, 15) is 18.0 Å². The van der Waals surface area contributed by atoms with E-state index in [-0.39, 0.29) is 31.2 Å². The van der Waals surface area contributed by atoms with Crippen LogP contribution in [0.4, 0.5) is 13.2 Å². The smallest absolute Gasteiger partial charge is 0.366 e. The third kappa shape index (κ3) is 3.73. The fourth-order valence-electron chi connectivity index (χ4n) is 3.15. The first-order chi connectivity index (χ1) is 13.8. The van der Waals surface area contributed by atoms with E-state index in [0.717, 1.165) is 10.9 Å². The Labute approximate surface area is 162 Å². The molecule has 0 unspecified atom stereocenters. The van der Waals surface area contributed by atoms with Crippen LogP contribution in [0, 0.1) is 6.92 Å². The summed E-state index contributed by atoms with van der Waals surface area (Å²) in [6.45, 7) is 1.89. The molecule has 3 aromatic rings. The molecule has 1 amide bonds. The molecule has 2 aromatic heterocycles. The minimum Gasteiger partial charge on any atom is -0.366 e. The summed E-state index contributed by atoms with van der Waals surface area (Å²) in [7, 11) is 0. The SMILES string of the molecule is Cc1nc([C@@H]2CN(C(=O)c3cnn(-c4ccccc4)c3C(F)(F)F)CCO2)no1. The summed E-state index contributed by atoms with van der Waals surface area (Å²) in [6.07, 6.45) is -4.50. The first-order valence-electron chi connectivity index (χ1n) is 8.76. The van der Waals surface area contributed by atoms with Gasteiger partial charge in [-0.15, -0.1) is 0 Å². The van der Waals surface area contributed by atoms with Crippen LogP contribution >= 0.6 is 0 Å². The van der Waals surface area contributed by atoms with E-state index in [4.69, 9.17) is 9.26 Å². The molecule has 1 atom stereocenters. The molecule has 1 aliphatic rings. The Morgan fingerprint density at radius 1 is 1.24 bits per heavy atom. The fourth-order valence-corrected chi connectivity index (χ4v) is 3.15. The van der Waals surface area contributed by atoms with Crippen molar-refractivity contribution < 1.29 is 27.2 Å². The van der Waals surface area contributed by atoms with E-state index in [1.165, 1.54) is 17.0 Å². The minimum absolute atomic E-state index is 0.00558. The normalized spacial score (nSPS) is 17.5. The molecule has 1 aliphatic heterocycles. The number of aromatic nitrogens is 4. The van der Waals surface area contributed by atoms with Gasteiger partial charge in [0.1, 0.15) is 6.10 Å². The molecular formula is C18H16F3N5O3. The molecule has 0 aliphatic carbocycles. The van der Waals surface area contributed by atoms with Crippen LogP contribution in [0.15, 0.2) is 41.1 Å². The maximum absolute atomic E-state index is 13.8. The number of aryl methyl sites for hydroxylation is 1. The van der Waals surface area contributed by atoms with Crippen molar-refractivity contribution in [2.75, 3.05) is 19.7 Å². The van der Waals surface area contributed by atoms with Crippen molar-refractivity contribution in [3.05, 3.63) is 59.5 Å². The highest BCUT2D eigenvalue weighted by Gasteiger charge is 2.42. The van der Waals surface area contributed by atoms with Crippen LogP contribution in [-0.4, -0.2) is 50.4 Å². The van der Waals surface area contributed by atoms with Crippen molar-refractivity contribution in [1.29, 1.82) is 0 Å². The van der Waals surface area contributed by atoms with Gasteiger partial charge < -0.3 is 14.2 Å². The second kappa shape index (κ2) is 7.32. The maximum atomic E-state index is 13.8. The van der Waals surface area contributed by atoms with E-state index in [0.29, 0.717) is 5.89 Å². The van der Waals surface area contributed by atoms with Gasteiger partial charge in [0.05, 0.1) is 30.6 Å². The predicted molar refractivity (Wildman–Crippen MR) is 92.2 cm³/mol. The van der Waals surface area contributed by atoms with E-state index >= 15 is 0 Å². The third-order valence-electron chi connectivity index (χ3n) is 4.45. The van der Waals surface area contributed by atoms with Crippen molar-refractivity contribution in [3.8, 4) is 5.69 Å². The van der Waals surface area contributed by atoms with Gasteiger partial charge in [0, 0.05) is 13.5 Å². The molecule has 4 rings (SSSR count). The Balaban J connectivity index is 1.65. The Morgan fingerprint density at radius 3 is 2.66 bits per heavy atom. The number of carbonyl (C=O) groups excluding carboxylic acids is 1. The number of hydrogen-bond donors (Lipinski definition) is 0. The number of nitrogens with zero attached hydrogens (tertiary/aromatic N) is 5. The van der Waals surface area contributed by atoms with Gasteiger partial charge in [-0.3, -0.25) is 4.79 Å². The second-order valence-electron chi connectivity index (χ2n) is 6.43. The lowest BCUT2D eigenvalue weighted by Crippen LogP contribution is -2.43. The zero-order valence-electron chi connectivity index (χ0n) is 15.3. The lowest BCUT2D eigenvalue weighted by molar-refractivity contribution is -0.143. The highest BCUT2D eigenvalue weighted by molar-refractivity contribution is 5.95.